The number of hydrogen-bond acceptors (Lipinski definition) is 4. The number of benzene rings is 2. The zero-order chi connectivity index (χ0) is 21.7. The third-order valence-corrected chi connectivity index (χ3v) is 6.47. The summed E-state index contributed by atoms with van der Waals surface area (Å²) >= 11 is 0. The van der Waals surface area contributed by atoms with Gasteiger partial charge in [0.1, 0.15) is 11.9 Å². The van der Waals surface area contributed by atoms with Crippen molar-refractivity contribution in [2.45, 2.75) is 38.9 Å². The minimum absolute atomic E-state index is 0.245. The standard InChI is InChI=1S/C22H28FN3O3S/c1-17(26(30(2,28)29)21-10-8-20(23)9-11-21)22(27)24-15-18-6-5-7-19(14-18)16-25-12-3-4-13-25/h5-11,14,17H,3-4,12-13,15-16H2,1-2H3,(H,24,27)/t17-/m1/s1. The maximum atomic E-state index is 13.2. The highest BCUT2D eigenvalue weighted by atomic mass is 32.2. The van der Waals surface area contributed by atoms with E-state index in [4.69, 9.17) is 0 Å². The van der Waals surface area contributed by atoms with E-state index < -0.39 is 27.8 Å². The van der Waals surface area contributed by atoms with Crippen LogP contribution in [0.5, 0.6) is 0 Å². The van der Waals surface area contributed by atoms with Crippen LogP contribution < -0.4 is 9.62 Å². The number of carbonyl (C=O) groups is 1. The molecule has 1 aliphatic rings. The second kappa shape index (κ2) is 9.57. The molecule has 0 saturated carbocycles. The normalized spacial score (nSPS) is 15.7. The lowest BCUT2D eigenvalue weighted by molar-refractivity contribution is -0.122. The molecule has 1 aliphatic heterocycles. The van der Waals surface area contributed by atoms with Gasteiger partial charge in [0.05, 0.1) is 11.9 Å². The van der Waals surface area contributed by atoms with Gasteiger partial charge in [-0.1, -0.05) is 24.3 Å². The Morgan fingerprint density at radius 3 is 2.40 bits per heavy atom. The minimum atomic E-state index is -3.73. The van der Waals surface area contributed by atoms with Crippen LogP contribution in [-0.4, -0.2) is 44.6 Å². The van der Waals surface area contributed by atoms with Crippen molar-refractivity contribution in [2.24, 2.45) is 0 Å². The van der Waals surface area contributed by atoms with Crippen molar-refractivity contribution < 1.29 is 17.6 Å². The third kappa shape index (κ3) is 5.79. The van der Waals surface area contributed by atoms with Crippen molar-refractivity contribution in [2.75, 3.05) is 23.7 Å². The molecule has 8 heteroatoms. The molecule has 0 spiro atoms. The average Bonchev–Trinajstić information content (AvgIpc) is 3.20. The number of halogens is 1. The summed E-state index contributed by atoms with van der Waals surface area (Å²) in [5.41, 5.74) is 2.40. The number of anilines is 1. The Kier molecular flexibility index (Phi) is 7.10. The number of carbonyl (C=O) groups excluding carboxylic acids is 1. The second-order valence-corrected chi connectivity index (χ2v) is 9.59. The van der Waals surface area contributed by atoms with Crippen LogP contribution in [0.15, 0.2) is 48.5 Å². The number of hydrogen-bond donors (Lipinski definition) is 1. The average molecular weight is 434 g/mol. The number of nitrogens with zero attached hydrogens (tertiary/aromatic N) is 2. The van der Waals surface area contributed by atoms with Gasteiger partial charge in [-0.05, 0) is 68.2 Å². The van der Waals surface area contributed by atoms with Gasteiger partial charge in [-0.25, -0.2) is 12.8 Å². The number of amides is 1. The van der Waals surface area contributed by atoms with Crippen molar-refractivity contribution in [1.82, 2.24) is 10.2 Å². The van der Waals surface area contributed by atoms with Crippen LogP contribution in [-0.2, 0) is 27.9 Å². The Morgan fingerprint density at radius 1 is 1.13 bits per heavy atom. The highest BCUT2D eigenvalue weighted by Crippen LogP contribution is 2.21. The number of sulfonamides is 1. The van der Waals surface area contributed by atoms with Crippen molar-refractivity contribution in [3.63, 3.8) is 0 Å². The molecule has 0 aromatic heterocycles. The van der Waals surface area contributed by atoms with Gasteiger partial charge in [-0.2, -0.15) is 0 Å². The van der Waals surface area contributed by atoms with Crippen molar-refractivity contribution >= 4 is 21.6 Å². The molecule has 2 aromatic rings. The van der Waals surface area contributed by atoms with Gasteiger partial charge in [0.2, 0.25) is 15.9 Å². The number of nitrogens with one attached hydrogen (secondary N) is 1. The first-order valence-electron chi connectivity index (χ1n) is 10.1. The molecule has 0 aliphatic carbocycles. The molecular weight excluding hydrogens is 405 g/mol. The van der Waals surface area contributed by atoms with Crippen LogP contribution in [0.25, 0.3) is 0 Å². The SMILES string of the molecule is C[C@H](C(=O)NCc1cccc(CN2CCCC2)c1)N(c1ccc(F)cc1)S(C)(=O)=O. The Morgan fingerprint density at radius 2 is 1.77 bits per heavy atom. The third-order valence-electron chi connectivity index (χ3n) is 5.23. The molecule has 162 valence electrons. The number of rotatable bonds is 8. The minimum Gasteiger partial charge on any atom is -0.350 e. The van der Waals surface area contributed by atoms with E-state index in [1.165, 1.54) is 49.6 Å². The lowest BCUT2D eigenvalue weighted by atomic mass is 10.1. The molecular formula is C22H28FN3O3S. The molecule has 0 unspecified atom stereocenters. The van der Waals surface area contributed by atoms with Crippen molar-refractivity contribution in [1.29, 1.82) is 0 Å². The lowest BCUT2D eigenvalue weighted by Gasteiger charge is -2.28. The van der Waals surface area contributed by atoms with Crippen molar-refractivity contribution in [3.8, 4) is 0 Å². The van der Waals surface area contributed by atoms with Gasteiger partial charge < -0.3 is 5.32 Å². The summed E-state index contributed by atoms with van der Waals surface area (Å²) in [7, 11) is -3.73. The summed E-state index contributed by atoms with van der Waals surface area (Å²) in [5, 5.41) is 2.82. The Balaban J connectivity index is 1.66. The summed E-state index contributed by atoms with van der Waals surface area (Å²) in [5.74, 6) is -0.896. The summed E-state index contributed by atoms with van der Waals surface area (Å²) in [6.07, 6.45) is 3.50. The summed E-state index contributed by atoms with van der Waals surface area (Å²) in [4.78, 5) is 15.1. The molecule has 0 bridgehead atoms. The fourth-order valence-corrected chi connectivity index (χ4v) is 4.95. The van der Waals surface area contributed by atoms with Gasteiger partial charge in [-0.15, -0.1) is 0 Å². The van der Waals surface area contributed by atoms with E-state index in [0.29, 0.717) is 6.54 Å². The quantitative estimate of drug-likeness (QED) is 0.695. The summed E-state index contributed by atoms with van der Waals surface area (Å²) < 4.78 is 38.8. The Bertz CT molecular complexity index is 973. The maximum Gasteiger partial charge on any atom is 0.243 e. The Hall–Kier alpha value is -2.45. The highest BCUT2D eigenvalue weighted by molar-refractivity contribution is 7.92. The van der Waals surface area contributed by atoms with E-state index in [-0.39, 0.29) is 5.69 Å². The van der Waals surface area contributed by atoms with Crippen LogP contribution in [0.1, 0.15) is 30.9 Å². The van der Waals surface area contributed by atoms with Crippen LogP contribution in [0.2, 0.25) is 0 Å². The Labute approximate surface area is 177 Å². The van der Waals surface area contributed by atoms with E-state index in [0.717, 1.165) is 35.8 Å². The van der Waals surface area contributed by atoms with E-state index >= 15 is 0 Å². The molecule has 1 amide bonds. The summed E-state index contributed by atoms with van der Waals surface area (Å²) in [6.45, 7) is 4.94. The van der Waals surface area contributed by atoms with Gasteiger partial charge in [0.25, 0.3) is 0 Å². The fourth-order valence-electron chi connectivity index (χ4n) is 3.77. The molecule has 1 heterocycles. The predicted octanol–water partition coefficient (Wildman–Crippen LogP) is 2.89. The van der Waals surface area contributed by atoms with Gasteiger partial charge >= 0.3 is 0 Å². The zero-order valence-corrected chi connectivity index (χ0v) is 18.2. The van der Waals surface area contributed by atoms with Crippen LogP contribution in [0.4, 0.5) is 10.1 Å². The molecule has 30 heavy (non-hydrogen) atoms. The van der Waals surface area contributed by atoms with E-state index in [1.807, 2.05) is 12.1 Å². The van der Waals surface area contributed by atoms with Gasteiger partial charge in [0, 0.05) is 13.1 Å². The number of likely N-dealkylation sites (tertiary alicyclic amines) is 1. The molecule has 1 fully saturated rings. The van der Waals surface area contributed by atoms with Crippen LogP contribution in [0.3, 0.4) is 0 Å². The van der Waals surface area contributed by atoms with Crippen molar-refractivity contribution in [3.05, 3.63) is 65.5 Å². The zero-order valence-electron chi connectivity index (χ0n) is 17.3. The monoisotopic (exact) mass is 433 g/mol. The second-order valence-electron chi connectivity index (χ2n) is 7.73. The maximum absolute atomic E-state index is 13.2. The molecule has 2 aromatic carbocycles. The molecule has 0 radical (unpaired) electrons. The van der Waals surface area contributed by atoms with Gasteiger partial charge in [0.15, 0.2) is 0 Å². The topological polar surface area (TPSA) is 69.7 Å². The first-order chi connectivity index (χ1) is 14.2. The molecule has 1 atom stereocenters. The molecule has 1 N–H and O–H groups in total. The highest BCUT2D eigenvalue weighted by Gasteiger charge is 2.29. The first kappa shape index (κ1) is 22.2. The largest absolute Gasteiger partial charge is 0.350 e. The van der Waals surface area contributed by atoms with E-state index in [1.54, 1.807) is 0 Å². The smallest absolute Gasteiger partial charge is 0.243 e. The fraction of sp³-hybridized carbons (Fsp3) is 0.409. The summed E-state index contributed by atoms with van der Waals surface area (Å²) in [6, 6.07) is 12.1. The molecule has 6 nitrogen and oxygen atoms in total. The lowest BCUT2D eigenvalue weighted by Crippen LogP contribution is -2.47. The van der Waals surface area contributed by atoms with Gasteiger partial charge in [-0.3, -0.25) is 14.0 Å². The predicted molar refractivity (Wildman–Crippen MR) is 116 cm³/mol. The van der Waals surface area contributed by atoms with Crippen LogP contribution >= 0.6 is 0 Å². The molecule has 1 saturated heterocycles. The molecule has 3 rings (SSSR count). The van der Waals surface area contributed by atoms with E-state index in [2.05, 4.69) is 22.3 Å². The van der Waals surface area contributed by atoms with E-state index in [9.17, 15) is 17.6 Å². The first-order valence-corrected chi connectivity index (χ1v) is 11.9. The van der Waals surface area contributed by atoms with Crippen LogP contribution in [0, 0.1) is 5.82 Å².